The van der Waals surface area contributed by atoms with Crippen molar-refractivity contribution in [1.82, 2.24) is 15.2 Å². The molecular formula is C18H22BrN5. The van der Waals surface area contributed by atoms with Gasteiger partial charge in [0.05, 0.1) is 6.20 Å². The summed E-state index contributed by atoms with van der Waals surface area (Å²) in [6.45, 7) is 2.93. The lowest BCUT2D eigenvalue weighted by Crippen LogP contribution is -2.08. The predicted octanol–water partition coefficient (Wildman–Crippen LogP) is 4.99. The molecule has 0 aliphatic heterocycles. The van der Waals surface area contributed by atoms with Crippen LogP contribution >= 0.6 is 15.9 Å². The van der Waals surface area contributed by atoms with Gasteiger partial charge in [-0.1, -0.05) is 33.6 Å². The molecule has 0 radical (unpaired) electrons. The van der Waals surface area contributed by atoms with Crippen molar-refractivity contribution in [3.05, 3.63) is 46.1 Å². The Hall–Kier alpha value is -1.95. The number of nitrogens with zero attached hydrogens (tertiary/aromatic N) is 3. The number of hydrogen-bond acceptors (Lipinski definition) is 5. The fraction of sp³-hybridized carbons (Fsp3) is 0.389. The zero-order valence-electron chi connectivity index (χ0n) is 13.8. The number of aryl methyl sites for hydroxylation is 1. The smallest absolute Gasteiger partial charge is 0.249 e. The van der Waals surface area contributed by atoms with Crippen LogP contribution in [0.25, 0.3) is 0 Å². The molecule has 6 heteroatoms. The van der Waals surface area contributed by atoms with Crippen molar-refractivity contribution in [2.45, 2.75) is 39.0 Å². The van der Waals surface area contributed by atoms with Gasteiger partial charge in [-0.15, -0.1) is 5.10 Å². The topological polar surface area (TPSA) is 62.7 Å². The Morgan fingerprint density at radius 3 is 2.96 bits per heavy atom. The predicted molar refractivity (Wildman–Crippen MR) is 102 cm³/mol. The number of benzene rings is 1. The Bertz CT molecular complexity index is 729. The highest BCUT2D eigenvalue weighted by Gasteiger charge is 2.05. The molecule has 1 aromatic heterocycles. The minimum absolute atomic E-state index is 0.493. The minimum atomic E-state index is 0.493. The maximum atomic E-state index is 4.47. The molecule has 0 spiro atoms. The van der Waals surface area contributed by atoms with Crippen LogP contribution in [0.4, 0.5) is 17.5 Å². The third-order valence-electron chi connectivity index (χ3n) is 4.12. The molecule has 0 bridgehead atoms. The Kier molecular flexibility index (Phi) is 5.80. The summed E-state index contributed by atoms with van der Waals surface area (Å²) in [4.78, 5) is 4.47. The van der Waals surface area contributed by atoms with Crippen molar-refractivity contribution >= 4 is 33.4 Å². The van der Waals surface area contributed by atoms with E-state index in [0.717, 1.165) is 28.9 Å². The lowest BCUT2D eigenvalue weighted by atomic mass is 9.97. The molecule has 24 heavy (non-hydrogen) atoms. The van der Waals surface area contributed by atoms with Gasteiger partial charge in [0, 0.05) is 16.7 Å². The molecule has 5 nitrogen and oxygen atoms in total. The Morgan fingerprint density at radius 2 is 2.17 bits per heavy atom. The molecule has 0 unspecified atom stereocenters. The minimum Gasteiger partial charge on any atom is -0.368 e. The molecule has 126 valence electrons. The molecule has 1 aromatic carbocycles. The first-order chi connectivity index (χ1) is 11.7. The van der Waals surface area contributed by atoms with Crippen LogP contribution in [-0.2, 0) is 0 Å². The maximum absolute atomic E-state index is 4.47. The van der Waals surface area contributed by atoms with Crippen LogP contribution in [0.2, 0.25) is 0 Å². The number of nitrogens with one attached hydrogen (secondary N) is 2. The molecule has 1 aliphatic carbocycles. The number of allylic oxidation sites excluding steroid dienone is 1. The monoisotopic (exact) mass is 387 g/mol. The Morgan fingerprint density at radius 1 is 1.25 bits per heavy atom. The average molecular weight is 388 g/mol. The molecule has 1 aliphatic rings. The van der Waals surface area contributed by atoms with Crippen molar-refractivity contribution in [1.29, 1.82) is 0 Å². The molecule has 0 fully saturated rings. The fourth-order valence-electron chi connectivity index (χ4n) is 2.72. The third kappa shape index (κ3) is 4.77. The highest BCUT2D eigenvalue weighted by molar-refractivity contribution is 9.10. The highest BCUT2D eigenvalue weighted by Crippen LogP contribution is 2.23. The van der Waals surface area contributed by atoms with Crippen LogP contribution in [0.1, 0.15) is 37.7 Å². The van der Waals surface area contributed by atoms with Gasteiger partial charge < -0.3 is 10.6 Å². The Labute approximate surface area is 151 Å². The van der Waals surface area contributed by atoms with Gasteiger partial charge in [-0.05, 0) is 56.7 Å². The Balaban J connectivity index is 1.57. The average Bonchev–Trinajstić information content (AvgIpc) is 2.60. The van der Waals surface area contributed by atoms with Crippen molar-refractivity contribution in [3.8, 4) is 0 Å². The fourth-order valence-corrected chi connectivity index (χ4v) is 3.10. The normalized spacial score (nSPS) is 14.2. The lowest BCUT2D eigenvalue weighted by molar-refractivity contribution is 0.679. The number of hydrogen-bond donors (Lipinski definition) is 2. The van der Waals surface area contributed by atoms with Crippen LogP contribution in [0.5, 0.6) is 0 Å². The molecule has 2 aromatic rings. The second-order valence-corrected chi connectivity index (χ2v) is 6.89. The van der Waals surface area contributed by atoms with Crippen molar-refractivity contribution in [2.24, 2.45) is 0 Å². The van der Waals surface area contributed by atoms with Crippen molar-refractivity contribution in [2.75, 3.05) is 17.2 Å². The lowest BCUT2D eigenvalue weighted by Gasteiger charge is -2.13. The van der Waals surface area contributed by atoms with Gasteiger partial charge >= 0.3 is 0 Å². The second kappa shape index (κ2) is 8.24. The van der Waals surface area contributed by atoms with Crippen LogP contribution in [-0.4, -0.2) is 21.7 Å². The molecule has 3 rings (SSSR count). The molecule has 0 saturated heterocycles. The zero-order chi connectivity index (χ0) is 16.8. The number of anilines is 3. The number of halogens is 1. The van der Waals surface area contributed by atoms with E-state index in [1.54, 1.807) is 11.8 Å². The van der Waals surface area contributed by atoms with E-state index >= 15 is 0 Å². The summed E-state index contributed by atoms with van der Waals surface area (Å²) in [6.07, 6.45) is 10.2. The van der Waals surface area contributed by atoms with E-state index in [-0.39, 0.29) is 0 Å². The van der Waals surface area contributed by atoms with E-state index in [1.165, 1.54) is 31.2 Å². The molecular weight excluding hydrogens is 366 g/mol. The first-order valence-electron chi connectivity index (χ1n) is 8.35. The second-order valence-electron chi connectivity index (χ2n) is 6.04. The van der Waals surface area contributed by atoms with Crippen LogP contribution in [0.15, 0.2) is 40.5 Å². The summed E-state index contributed by atoms with van der Waals surface area (Å²) in [7, 11) is 0. The van der Waals surface area contributed by atoms with E-state index in [9.17, 15) is 0 Å². The standard InChI is InChI=1S/C18H22BrN5/c1-13-7-8-15(11-16(13)19)22-18-23-17(12-21-24-18)20-10-9-14-5-3-2-4-6-14/h5,7-8,11-12H,2-4,6,9-10H2,1H3,(H2,20,22,23,24). The van der Waals surface area contributed by atoms with Gasteiger partial charge in [0.15, 0.2) is 5.82 Å². The quantitative estimate of drug-likeness (QED) is 0.683. The molecule has 1 heterocycles. The largest absolute Gasteiger partial charge is 0.368 e. The van der Waals surface area contributed by atoms with Gasteiger partial charge in [-0.25, -0.2) is 0 Å². The summed E-state index contributed by atoms with van der Waals surface area (Å²) >= 11 is 3.53. The first kappa shape index (κ1) is 16.9. The SMILES string of the molecule is Cc1ccc(Nc2nncc(NCCC3=CCCCC3)n2)cc1Br. The van der Waals surface area contributed by atoms with Crippen LogP contribution in [0.3, 0.4) is 0 Å². The number of rotatable bonds is 6. The summed E-state index contributed by atoms with van der Waals surface area (Å²) in [5.41, 5.74) is 3.67. The van der Waals surface area contributed by atoms with Gasteiger partial charge in [0.25, 0.3) is 0 Å². The number of aromatic nitrogens is 3. The zero-order valence-corrected chi connectivity index (χ0v) is 15.4. The van der Waals surface area contributed by atoms with Gasteiger partial charge in [-0.2, -0.15) is 10.1 Å². The molecule has 0 atom stereocenters. The van der Waals surface area contributed by atoms with E-state index < -0.39 is 0 Å². The maximum Gasteiger partial charge on any atom is 0.249 e. The highest BCUT2D eigenvalue weighted by atomic mass is 79.9. The molecule has 0 saturated carbocycles. The van der Waals surface area contributed by atoms with Gasteiger partial charge in [0.1, 0.15) is 0 Å². The summed E-state index contributed by atoms with van der Waals surface area (Å²) in [5, 5.41) is 14.6. The van der Waals surface area contributed by atoms with Crippen molar-refractivity contribution < 1.29 is 0 Å². The summed E-state index contributed by atoms with van der Waals surface area (Å²) < 4.78 is 1.05. The van der Waals surface area contributed by atoms with E-state index in [0.29, 0.717) is 5.95 Å². The summed E-state index contributed by atoms with van der Waals surface area (Å²) in [6, 6.07) is 6.05. The van der Waals surface area contributed by atoms with E-state index in [4.69, 9.17) is 0 Å². The summed E-state index contributed by atoms with van der Waals surface area (Å²) in [5.74, 6) is 1.24. The first-order valence-corrected chi connectivity index (χ1v) is 9.15. The van der Waals surface area contributed by atoms with Gasteiger partial charge in [0.2, 0.25) is 5.95 Å². The molecule has 0 amide bonds. The van der Waals surface area contributed by atoms with Crippen LogP contribution < -0.4 is 10.6 Å². The van der Waals surface area contributed by atoms with E-state index in [1.807, 2.05) is 18.2 Å². The van der Waals surface area contributed by atoms with Crippen molar-refractivity contribution in [3.63, 3.8) is 0 Å². The van der Waals surface area contributed by atoms with Gasteiger partial charge in [-0.3, -0.25) is 0 Å². The van der Waals surface area contributed by atoms with Crippen LogP contribution in [0, 0.1) is 6.92 Å². The molecule has 2 N–H and O–H groups in total. The van der Waals surface area contributed by atoms with E-state index in [2.05, 4.69) is 54.7 Å². The third-order valence-corrected chi connectivity index (χ3v) is 4.98.